The molecule has 0 aliphatic heterocycles. The van der Waals surface area contributed by atoms with Crippen molar-refractivity contribution in [3.63, 3.8) is 0 Å². The van der Waals surface area contributed by atoms with Gasteiger partial charge in [-0.05, 0) is 69.3 Å². The predicted octanol–water partition coefficient (Wildman–Crippen LogP) is 4.93. The van der Waals surface area contributed by atoms with E-state index < -0.39 is 6.10 Å². The topological polar surface area (TPSA) is 80.4 Å². The van der Waals surface area contributed by atoms with Gasteiger partial charge >= 0.3 is 0 Å². The molecule has 5 nitrogen and oxygen atoms in total. The molecule has 35 heavy (non-hydrogen) atoms. The summed E-state index contributed by atoms with van der Waals surface area (Å²) in [4.78, 5) is 4.63. The van der Waals surface area contributed by atoms with Gasteiger partial charge in [0, 0.05) is 26.2 Å². The van der Waals surface area contributed by atoms with Crippen LogP contribution < -0.4 is 11.1 Å². The molecule has 1 heterocycles. The van der Waals surface area contributed by atoms with Gasteiger partial charge in [-0.2, -0.15) is 0 Å². The lowest BCUT2D eigenvalue weighted by Gasteiger charge is -2.14. The van der Waals surface area contributed by atoms with E-state index in [2.05, 4.69) is 64.9 Å². The zero-order valence-electron chi connectivity index (χ0n) is 20.0. The van der Waals surface area contributed by atoms with Crippen molar-refractivity contribution in [3.05, 3.63) is 89.7 Å². The van der Waals surface area contributed by atoms with Gasteiger partial charge in [-0.1, -0.05) is 60.7 Å². The highest BCUT2D eigenvalue weighted by Gasteiger charge is 2.10. The highest BCUT2D eigenvalue weighted by molar-refractivity contribution is 6.23. The molecule has 0 saturated heterocycles. The number of nitrogens with one attached hydrogen (secondary N) is 1. The Morgan fingerprint density at radius 2 is 1.54 bits per heavy atom. The number of aliphatic hydroxyl groups is 1. The van der Waals surface area contributed by atoms with Gasteiger partial charge in [-0.25, -0.2) is 0 Å². The van der Waals surface area contributed by atoms with Crippen molar-refractivity contribution in [2.45, 2.75) is 38.5 Å². The lowest BCUT2D eigenvalue weighted by atomic mass is 9.91. The molecule has 5 heteroatoms. The second-order valence-electron chi connectivity index (χ2n) is 9.23. The van der Waals surface area contributed by atoms with E-state index in [0.29, 0.717) is 19.7 Å². The molecule has 0 aliphatic rings. The van der Waals surface area contributed by atoms with Gasteiger partial charge in [0.25, 0.3) is 0 Å². The molecule has 1 aromatic heterocycles. The molecule has 180 valence electrons. The minimum atomic E-state index is -0.525. The van der Waals surface area contributed by atoms with Gasteiger partial charge in [-0.3, -0.25) is 4.98 Å². The molecule has 0 saturated carbocycles. The van der Waals surface area contributed by atoms with Gasteiger partial charge in [0.1, 0.15) is 0 Å². The summed E-state index contributed by atoms with van der Waals surface area (Å²) in [5, 5.41) is 20.8. The Balaban J connectivity index is 1.13. The lowest BCUT2D eigenvalue weighted by molar-refractivity contribution is 0.114. The Hall–Kier alpha value is -3.09. The van der Waals surface area contributed by atoms with Crippen LogP contribution in [0.1, 0.15) is 29.8 Å². The maximum atomic E-state index is 9.54. The molecule has 5 aromatic rings. The second-order valence-corrected chi connectivity index (χ2v) is 9.23. The number of ether oxygens (including phenoxy) is 1. The summed E-state index contributed by atoms with van der Waals surface area (Å²) in [6.07, 6.45) is 2.62. The summed E-state index contributed by atoms with van der Waals surface area (Å²) >= 11 is 0. The van der Waals surface area contributed by atoms with Gasteiger partial charge in [0.2, 0.25) is 0 Å². The number of rotatable bonds is 12. The molecule has 4 aromatic carbocycles. The summed E-state index contributed by atoms with van der Waals surface area (Å²) in [5.41, 5.74) is 8.71. The van der Waals surface area contributed by atoms with Gasteiger partial charge < -0.3 is 20.9 Å². The maximum absolute atomic E-state index is 9.54. The van der Waals surface area contributed by atoms with Crippen LogP contribution in [-0.4, -0.2) is 35.9 Å². The maximum Gasteiger partial charge on any atom is 0.0887 e. The number of benzene rings is 4. The van der Waals surface area contributed by atoms with Crippen molar-refractivity contribution in [1.82, 2.24) is 10.3 Å². The first-order chi connectivity index (χ1) is 17.2. The Labute approximate surface area is 206 Å². The van der Waals surface area contributed by atoms with E-state index >= 15 is 0 Å². The largest absolute Gasteiger partial charge is 0.390 e. The molecule has 0 fully saturated rings. The fourth-order valence-corrected chi connectivity index (χ4v) is 4.87. The standard InChI is InChI=1S/C30H33N3O2/c31-17-27(34)19-32-18-25-8-4-9-26(33-25)20-35-16-2-1-5-21-10-11-24-13-12-22-6-3-7-23-14-15-28(21)30(24)29(22)23/h3-4,6-15,27,32,34H,1-2,5,16-20,31H2. The molecule has 0 bridgehead atoms. The summed E-state index contributed by atoms with van der Waals surface area (Å²) in [7, 11) is 0. The molecule has 0 radical (unpaired) electrons. The van der Waals surface area contributed by atoms with Crippen LogP contribution in [0.4, 0.5) is 0 Å². The van der Waals surface area contributed by atoms with E-state index in [0.717, 1.165) is 37.3 Å². The van der Waals surface area contributed by atoms with Crippen LogP contribution in [0.2, 0.25) is 0 Å². The number of nitrogens with two attached hydrogens (primary N) is 1. The first-order valence-corrected chi connectivity index (χ1v) is 12.5. The summed E-state index contributed by atoms with van der Waals surface area (Å²) < 4.78 is 5.91. The first-order valence-electron chi connectivity index (χ1n) is 12.5. The van der Waals surface area contributed by atoms with Crippen molar-refractivity contribution in [3.8, 4) is 0 Å². The van der Waals surface area contributed by atoms with Crippen LogP contribution in [-0.2, 0) is 24.3 Å². The smallest absolute Gasteiger partial charge is 0.0887 e. The third-order valence-electron chi connectivity index (χ3n) is 6.68. The zero-order chi connectivity index (χ0) is 24.0. The average molecular weight is 468 g/mol. The van der Waals surface area contributed by atoms with E-state index in [4.69, 9.17) is 10.5 Å². The number of aliphatic hydroxyl groups excluding tert-OH is 1. The van der Waals surface area contributed by atoms with Crippen LogP contribution in [0.25, 0.3) is 32.3 Å². The van der Waals surface area contributed by atoms with Crippen LogP contribution in [0, 0.1) is 0 Å². The zero-order valence-corrected chi connectivity index (χ0v) is 20.0. The SMILES string of the molecule is NCC(O)CNCc1cccc(COCCCCc2ccc3ccc4cccc5ccc2c3c45)n1. The normalized spacial score (nSPS) is 12.7. The van der Waals surface area contributed by atoms with Crippen molar-refractivity contribution in [2.75, 3.05) is 19.7 Å². The van der Waals surface area contributed by atoms with Gasteiger partial charge in [0.15, 0.2) is 0 Å². The van der Waals surface area contributed by atoms with Crippen molar-refractivity contribution < 1.29 is 9.84 Å². The summed E-state index contributed by atoms with van der Waals surface area (Å²) in [6.45, 7) is 2.55. The van der Waals surface area contributed by atoms with Crippen LogP contribution >= 0.6 is 0 Å². The number of nitrogens with zero attached hydrogens (tertiary/aromatic N) is 1. The minimum absolute atomic E-state index is 0.255. The number of hydrogen-bond donors (Lipinski definition) is 3. The van der Waals surface area contributed by atoms with Gasteiger partial charge in [0.05, 0.1) is 24.1 Å². The number of aromatic nitrogens is 1. The highest BCUT2D eigenvalue weighted by atomic mass is 16.5. The Kier molecular flexibility index (Phi) is 7.50. The predicted molar refractivity (Wildman–Crippen MR) is 144 cm³/mol. The lowest BCUT2D eigenvalue weighted by Crippen LogP contribution is -2.32. The third-order valence-corrected chi connectivity index (χ3v) is 6.68. The third kappa shape index (κ3) is 5.44. The average Bonchev–Trinajstić information content (AvgIpc) is 2.90. The van der Waals surface area contributed by atoms with Crippen LogP contribution in [0.3, 0.4) is 0 Å². The first kappa shape index (κ1) is 23.6. The molecule has 0 spiro atoms. The fourth-order valence-electron chi connectivity index (χ4n) is 4.87. The van der Waals surface area contributed by atoms with Crippen molar-refractivity contribution >= 4 is 32.3 Å². The number of aryl methyl sites for hydroxylation is 1. The number of hydrogen-bond acceptors (Lipinski definition) is 5. The molecule has 5 rings (SSSR count). The Morgan fingerprint density at radius 3 is 2.37 bits per heavy atom. The van der Waals surface area contributed by atoms with Crippen molar-refractivity contribution in [1.29, 1.82) is 0 Å². The highest BCUT2D eigenvalue weighted by Crippen LogP contribution is 2.36. The van der Waals surface area contributed by atoms with E-state index in [-0.39, 0.29) is 6.54 Å². The van der Waals surface area contributed by atoms with Crippen LogP contribution in [0.5, 0.6) is 0 Å². The Morgan fingerprint density at radius 1 is 0.829 bits per heavy atom. The number of unbranched alkanes of at least 4 members (excludes halogenated alkanes) is 1. The molecule has 4 N–H and O–H groups in total. The molecule has 1 atom stereocenters. The Bertz CT molecular complexity index is 1390. The quantitative estimate of drug-likeness (QED) is 0.179. The van der Waals surface area contributed by atoms with Gasteiger partial charge in [-0.15, -0.1) is 0 Å². The monoisotopic (exact) mass is 467 g/mol. The minimum Gasteiger partial charge on any atom is -0.390 e. The molecule has 0 amide bonds. The molecule has 1 unspecified atom stereocenters. The van der Waals surface area contributed by atoms with Crippen LogP contribution in [0.15, 0.2) is 72.8 Å². The second kappa shape index (κ2) is 11.1. The van der Waals surface area contributed by atoms with E-state index in [1.165, 1.54) is 37.9 Å². The number of pyridine rings is 1. The molecule has 0 aliphatic carbocycles. The fraction of sp³-hybridized carbons (Fsp3) is 0.300. The van der Waals surface area contributed by atoms with Crippen molar-refractivity contribution in [2.24, 2.45) is 5.73 Å². The summed E-state index contributed by atoms with van der Waals surface area (Å²) in [5.74, 6) is 0. The molecular formula is C30H33N3O2. The summed E-state index contributed by atoms with van der Waals surface area (Å²) in [6, 6.07) is 26.1. The van der Waals surface area contributed by atoms with E-state index in [1.54, 1.807) is 0 Å². The molecular weight excluding hydrogens is 434 g/mol. The van der Waals surface area contributed by atoms with E-state index in [1.807, 2.05) is 18.2 Å². The van der Waals surface area contributed by atoms with E-state index in [9.17, 15) is 5.11 Å².